The number of amides is 1. The van der Waals surface area contributed by atoms with Crippen LogP contribution >= 0.6 is 0 Å². The van der Waals surface area contributed by atoms with Gasteiger partial charge in [0.05, 0.1) is 0 Å². The number of allylic oxidation sites excluding steroid dienone is 2. The van der Waals surface area contributed by atoms with E-state index in [9.17, 15) is 9.59 Å². The highest BCUT2D eigenvalue weighted by molar-refractivity contribution is 6.03. The minimum atomic E-state index is -0.523. The molecule has 0 atom stereocenters. The highest BCUT2D eigenvalue weighted by Gasteiger charge is 2.13. The van der Waals surface area contributed by atoms with Crippen molar-refractivity contribution in [3.8, 4) is 0 Å². The third-order valence-electron chi connectivity index (χ3n) is 2.38. The van der Waals surface area contributed by atoms with Crippen molar-refractivity contribution in [3.63, 3.8) is 0 Å². The summed E-state index contributed by atoms with van der Waals surface area (Å²) in [6.07, 6.45) is 4.38. The van der Waals surface area contributed by atoms with Crippen molar-refractivity contribution >= 4 is 17.6 Å². The molecule has 1 N–H and O–H groups in total. The Bertz CT molecular complexity index is 551. The van der Waals surface area contributed by atoms with Gasteiger partial charge in [-0.25, -0.2) is 4.79 Å². The van der Waals surface area contributed by atoms with Crippen molar-refractivity contribution in [2.75, 3.05) is 5.32 Å². The maximum atomic E-state index is 11.9. The first kappa shape index (κ1) is 16.7. The third kappa shape index (κ3) is 7.11. The summed E-state index contributed by atoms with van der Waals surface area (Å²) < 4.78 is 5.12. The summed E-state index contributed by atoms with van der Waals surface area (Å²) in [5.41, 5.74) is 0.704. The molecule has 1 aromatic carbocycles. The van der Waals surface area contributed by atoms with Gasteiger partial charge in [0.25, 0.3) is 5.91 Å². The fourth-order valence-electron chi connectivity index (χ4n) is 1.43. The number of rotatable bonds is 4. The number of esters is 1. The van der Waals surface area contributed by atoms with Gasteiger partial charge in [0.2, 0.25) is 0 Å². The molecule has 0 radical (unpaired) electrons. The lowest BCUT2D eigenvalue weighted by Crippen LogP contribution is -2.22. The first-order valence-corrected chi connectivity index (χ1v) is 6.72. The second-order valence-corrected chi connectivity index (χ2v) is 5.56. The van der Waals surface area contributed by atoms with Gasteiger partial charge in [0, 0.05) is 17.3 Å². The van der Waals surface area contributed by atoms with Crippen molar-refractivity contribution in [1.29, 1.82) is 0 Å². The first-order valence-electron chi connectivity index (χ1n) is 6.72. The fraction of sp³-hybridized carbons (Fsp3) is 0.294. The monoisotopic (exact) mass is 287 g/mol. The van der Waals surface area contributed by atoms with Gasteiger partial charge in [0.1, 0.15) is 5.60 Å². The average molecular weight is 287 g/mol. The summed E-state index contributed by atoms with van der Waals surface area (Å²) >= 11 is 0. The van der Waals surface area contributed by atoms with Gasteiger partial charge in [-0.3, -0.25) is 4.79 Å². The zero-order valence-corrected chi connectivity index (χ0v) is 12.8. The van der Waals surface area contributed by atoms with Crippen LogP contribution < -0.4 is 5.32 Å². The molecule has 4 nitrogen and oxygen atoms in total. The summed E-state index contributed by atoms with van der Waals surface area (Å²) in [5.74, 6) is -0.648. The average Bonchev–Trinajstić information content (AvgIpc) is 2.37. The van der Waals surface area contributed by atoms with E-state index >= 15 is 0 Å². The van der Waals surface area contributed by atoms with Gasteiger partial charge >= 0.3 is 5.97 Å². The number of hydrogen-bond donors (Lipinski definition) is 1. The minimum absolute atomic E-state index is 0.213. The summed E-state index contributed by atoms with van der Waals surface area (Å²) in [5, 5.41) is 2.76. The highest BCUT2D eigenvalue weighted by Crippen LogP contribution is 2.08. The molecule has 0 bridgehead atoms. The van der Waals surface area contributed by atoms with Crippen LogP contribution in [-0.4, -0.2) is 17.5 Å². The van der Waals surface area contributed by atoms with E-state index in [2.05, 4.69) is 5.32 Å². The second kappa shape index (κ2) is 7.43. The predicted octanol–water partition coefficient (Wildman–Crippen LogP) is 3.47. The molecule has 112 valence electrons. The Kier molecular flexibility index (Phi) is 5.91. The maximum Gasteiger partial charge on any atom is 0.331 e. The van der Waals surface area contributed by atoms with E-state index in [1.807, 2.05) is 30.3 Å². The number of anilines is 1. The second-order valence-electron chi connectivity index (χ2n) is 5.56. The molecule has 0 aliphatic heterocycles. The molecular formula is C17H21NO3. The summed E-state index contributed by atoms with van der Waals surface area (Å²) in [4.78, 5) is 23.3. The van der Waals surface area contributed by atoms with Crippen molar-refractivity contribution in [3.05, 3.63) is 54.1 Å². The van der Waals surface area contributed by atoms with E-state index in [0.717, 1.165) is 5.69 Å². The number of carbonyl (C=O) groups excluding carboxylic acids is 2. The number of para-hydroxylation sites is 1. The number of benzene rings is 1. The number of ether oxygens (including phenoxy) is 1. The lowest BCUT2D eigenvalue weighted by atomic mass is 10.2. The van der Waals surface area contributed by atoms with Crippen LogP contribution in [0.5, 0.6) is 0 Å². The molecule has 21 heavy (non-hydrogen) atoms. The van der Waals surface area contributed by atoms with Gasteiger partial charge < -0.3 is 10.1 Å². The molecule has 4 heteroatoms. The van der Waals surface area contributed by atoms with Gasteiger partial charge in [-0.05, 0) is 39.8 Å². The van der Waals surface area contributed by atoms with E-state index in [4.69, 9.17) is 4.74 Å². The van der Waals surface area contributed by atoms with Crippen molar-refractivity contribution in [2.24, 2.45) is 0 Å². The maximum absolute atomic E-state index is 11.9. The van der Waals surface area contributed by atoms with Crippen LogP contribution in [0.1, 0.15) is 27.7 Å². The SMILES string of the molecule is C/C(=C/C=C/C(=O)OC(C)(C)C)C(=O)Nc1ccccc1. The topological polar surface area (TPSA) is 55.4 Å². The summed E-state index contributed by atoms with van der Waals surface area (Å²) in [6.45, 7) is 7.07. The third-order valence-corrected chi connectivity index (χ3v) is 2.38. The molecule has 0 unspecified atom stereocenters. The minimum Gasteiger partial charge on any atom is -0.457 e. The number of nitrogens with one attached hydrogen (secondary N) is 1. The van der Waals surface area contributed by atoms with E-state index in [1.165, 1.54) is 12.2 Å². The van der Waals surface area contributed by atoms with Crippen LogP contribution in [0, 0.1) is 0 Å². The summed E-state index contributed by atoms with van der Waals surface area (Å²) in [7, 11) is 0. The molecule has 0 aliphatic rings. The van der Waals surface area contributed by atoms with E-state index < -0.39 is 11.6 Å². The predicted molar refractivity (Wildman–Crippen MR) is 83.8 cm³/mol. The lowest BCUT2D eigenvalue weighted by molar-refractivity contribution is -0.148. The van der Waals surface area contributed by atoms with Crippen LogP contribution in [0.3, 0.4) is 0 Å². The van der Waals surface area contributed by atoms with Crippen LogP contribution in [0.4, 0.5) is 5.69 Å². The Labute approximate surface area is 125 Å². The van der Waals surface area contributed by atoms with Crippen LogP contribution in [0.2, 0.25) is 0 Å². The largest absolute Gasteiger partial charge is 0.457 e. The molecule has 0 heterocycles. The first-order chi connectivity index (χ1) is 9.78. The van der Waals surface area contributed by atoms with Gasteiger partial charge in [0.15, 0.2) is 0 Å². The molecule has 0 saturated heterocycles. The molecule has 0 fully saturated rings. The lowest BCUT2D eigenvalue weighted by Gasteiger charge is -2.17. The van der Waals surface area contributed by atoms with Crippen LogP contribution in [0.25, 0.3) is 0 Å². The molecule has 1 rings (SSSR count). The zero-order chi connectivity index (χ0) is 15.9. The molecule has 0 spiro atoms. The van der Waals surface area contributed by atoms with Gasteiger partial charge in [-0.2, -0.15) is 0 Å². The van der Waals surface area contributed by atoms with Crippen molar-refractivity contribution < 1.29 is 14.3 Å². The Balaban J connectivity index is 2.56. The fourth-order valence-corrected chi connectivity index (χ4v) is 1.43. The van der Waals surface area contributed by atoms with Crippen molar-refractivity contribution in [2.45, 2.75) is 33.3 Å². The van der Waals surface area contributed by atoms with Gasteiger partial charge in [-0.15, -0.1) is 0 Å². The number of carbonyl (C=O) groups is 2. The molecular weight excluding hydrogens is 266 g/mol. The van der Waals surface area contributed by atoms with E-state index in [1.54, 1.807) is 33.8 Å². The molecule has 1 amide bonds. The van der Waals surface area contributed by atoms with E-state index in [0.29, 0.717) is 5.57 Å². The smallest absolute Gasteiger partial charge is 0.331 e. The molecule has 0 saturated carbocycles. The molecule has 0 aromatic heterocycles. The standard InChI is InChI=1S/C17H21NO3/c1-13(9-8-12-15(19)21-17(2,3)4)16(20)18-14-10-6-5-7-11-14/h5-12H,1-4H3,(H,18,20)/b12-8+,13-9-. The Morgan fingerprint density at radius 3 is 2.33 bits per heavy atom. The quantitative estimate of drug-likeness (QED) is 0.524. The Morgan fingerprint density at radius 2 is 1.76 bits per heavy atom. The highest BCUT2D eigenvalue weighted by atomic mass is 16.6. The molecule has 0 aliphatic carbocycles. The number of hydrogen-bond acceptors (Lipinski definition) is 3. The van der Waals surface area contributed by atoms with Crippen molar-refractivity contribution in [1.82, 2.24) is 0 Å². The Morgan fingerprint density at radius 1 is 1.14 bits per heavy atom. The summed E-state index contributed by atoms with van der Waals surface area (Å²) in [6, 6.07) is 9.18. The Hall–Kier alpha value is -2.36. The zero-order valence-electron chi connectivity index (χ0n) is 12.8. The van der Waals surface area contributed by atoms with Crippen LogP contribution in [-0.2, 0) is 14.3 Å². The van der Waals surface area contributed by atoms with Gasteiger partial charge in [-0.1, -0.05) is 30.4 Å². The molecule has 1 aromatic rings. The van der Waals surface area contributed by atoms with E-state index in [-0.39, 0.29) is 5.91 Å². The van der Waals surface area contributed by atoms with Crippen LogP contribution in [0.15, 0.2) is 54.1 Å². The normalized spacial score (nSPS) is 12.3.